The molecule has 1 N–H and O–H groups in total. The first-order valence-corrected chi connectivity index (χ1v) is 7.81. The number of nitrogens with zero attached hydrogens (tertiary/aromatic N) is 2. The van der Waals surface area contributed by atoms with Gasteiger partial charge >= 0.3 is 0 Å². The Morgan fingerprint density at radius 2 is 2.09 bits per heavy atom. The van der Waals surface area contributed by atoms with Gasteiger partial charge in [-0.05, 0) is 49.2 Å². The first-order chi connectivity index (χ1) is 10.8. The van der Waals surface area contributed by atoms with E-state index in [4.69, 9.17) is 10.1 Å². The van der Waals surface area contributed by atoms with Gasteiger partial charge in [-0.3, -0.25) is 9.88 Å². The maximum atomic E-state index is 13.3. The van der Waals surface area contributed by atoms with Gasteiger partial charge in [0.05, 0.1) is 18.3 Å². The average molecular weight is 300 g/mol. The Labute approximate surface area is 130 Å². The Kier molecular flexibility index (Phi) is 4.80. The van der Waals surface area contributed by atoms with E-state index >= 15 is 0 Å². The number of rotatable bonds is 5. The summed E-state index contributed by atoms with van der Waals surface area (Å²) in [6, 6.07) is 13.0. The van der Waals surface area contributed by atoms with Gasteiger partial charge in [0, 0.05) is 18.7 Å². The van der Waals surface area contributed by atoms with Crippen LogP contribution in [0.25, 0.3) is 0 Å². The molecule has 0 bridgehead atoms. The summed E-state index contributed by atoms with van der Waals surface area (Å²) in [5, 5.41) is 9.17. The van der Waals surface area contributed by atoms with Crippen molar-refractivity contribution in [3.05, 3.63) is 65.2 Å². The van der Waals surface area contributed by atoms with E-state index in [-0.39, 0.29) is 12.4 Å². The Hall–Kier alpha value is -1.78. The quantitative estimate of drug-likeness (QED) is 0.922. The molecule has 1 atom stereocenters. The lowest BCUT2D eigenvalue weighted by Gasteiger charge is -2.23. The summed E-state index contributed by atoms with van der Waals surface area (Å²) in [7, 11) is 0. The molecule has 1 unspecified atom stereocenters. The molecule has 1 fully saturated rings. The van der Waals surface area contributed by atoms with Gasteiger partial charge in [-0.15, -0.1) is 0 Å². The average Bonchev–Trinajstić information content (AvgIpc) is 2.96. The van der Waals surface area contributed by atoms with E-state index in [1.165, 1.54) is 6.07 Å². The summed E-state index contributed by atoms with van der Waals surface area (Å²) < 4.78 is 13.3. The minimum absolute atomic E-state index is 0.180. The maximum absolute atomic E-state index is 13.3. The molecule has 1 aliphatic heterocycles. The Morgan fingerprint density at radius 3 is 2.91 bits per heavy atom. The van der Waals surface area contributed by atoms with Crippen molar-refractivity contribution in [1.29, 1.82) is 0 Å². The molecular formula is C18H21FN2O. The van der Waals surface area contributed by atoms with Crippen molar-refractivity contribution in [2.75, 3.05) is 19.7 Å². The van der Waals surface area contributed by atoms with E-state index in [0.29, 0.717) is 19.0 Å². The predicted molar refractivity (Wildman–Crippen MR) is 84.1 cm³/mol. The normalized spacial score (nSPS) is 18.7. The van der Waals surface area contributed by atoms with Crippen molar-refractivity contribution >= 4 is 0 Å². The number of aromatic nitrogens is 1. The van der Waals surface area contributed by atoms with Crippen molar-refractivity contribution in [1.82, 2.24) is 9.88 Å². The number of halogens is 1. The number of hydrogen-bond acceptors (Lipinski definition) is 3. The highest BCUT2D eigenvalue weighted by molar-refractivity contribution is 5.24. The number of likely N-dealkylation sites (tertiary alicyclic amines) is 1. The third-order valence-corrected chi connectivity index (χ3v) is 4.19. The Balaban J connectivity index is 1.77. The van der Waals surface area contributed by atoms with Gasteiger partial charge in [0.15, 0.2) is 0 Å². The van der Waals surface area contributed by atoms with Crippen LogP contribution in [0.2, 0.25) is 0 Å². The molecule has 0 radical (unpaired) electrons. The van der Waals surface area contributed by atoms with Crippen LogP contribution in [0.15, 0.2) is 42.5 Å². The first-order valence-electron chi connectivity index (χ1n) is 7.81. The van der Waals surface area contributed by atoms with E-state index < -0.39 is 0 Å². The molecule has 2 aromatic rings. The van der Waals surface area contributed by atoms with E-state index in [1.54, 1.807) is 12.1 Å². The van der Waals surface area contributed by atoms with E-state index in [2.05, 4.69) is 11.0 Å². The Bertz CT molecular complexity index is 632. The molecule has 1 aliphatic rings. The largest absolute Gasteiger partial charge is 0.395 e. The van der Waals surface area contributed by atoms with Crippen LogP contribution in [0.5, 0.6) is 0 Å². The zero-order chi connectivity index (χ0) is 15.4. The van der Waals surface area contributed by atoms with Gasteiger partial charge in [0.25, 0.3) is 0 Å². The summed E-state index contributed by atoms with van der Waals surface area (Å²) in [5.74, 6) is -0.210. The highest BCUT2D eigenvalue weighted by Gasteiger charge is 2.26. The van der Waals surface area contributed by atoms with E-state index in [1.807, 2.05) is 18.2 Å². The Morgan fingerprint density at radius 1 is 1.23 bits per heavy atom. The predicted octanol–water partition coefficient (Wildman–Crippen LogP) is 2.94. The van der Waals surface area contributed by atoms with Crippen LogP contribution in [0.1, 0.15) is 35.8 Å². The number of benzene rings is 1. The van der Waals surface area contributed by atoms with Crippen molar-refractivity contribution in [2.45, 2.75) is 25.3 Å². The van der Waals surface area contributed by atoms with Gasteiger partial charge < -0.3 is 5.11 Å². The molecule has 0 spiro atoms. The highest BCUT2D eigenvalue weighted by atomic mass is 19.1. The smallest absolute Gasteiger partial charge is 0.123 e. The topological polar surface area (TPSA) is 36.4 Å². The molecule has 3 rings (SSSR count). The van der Waals surface area contributed by atoms with Crippen molar-refractivity contribution < 1.29 is 9.50 Å². The molecule has 2 heterocycles. The molecule has 4 heteroatoms. The number of hydrogen-bond donors (Lipinski definition) is 1. The second-order valence-electron chi connectivity index (χ2n) is 5.78. The highest BCUT2D eigenvalue weighted by Crippen LogP contribution is 2.30. The van der Waals surface area contributed by atoms with Crippen molar-refractivity contribution in [3.8, 4) is 0 Å². The van der Waals surface area contributed by atoms with Crippen molar-refractivity contribution in [3.63, 3.8) is 0 Å². The second-order valence-corrected chi connectivity index (χ2v) is 5.78. The number of β-amino-alcohol motifs (C(OH)–C–C–N with tert-alkyl or cyclic N) is 1. The van der Waals surface area contributed by atoms with Gasteiger partial charge in [-0.1, -0.05) is 18.2 Å². The first kappa shape index (κ1) is 15.1. The summed E-state index contributed by atoms with van der Waals surface area (Å²) in [6.07, 6.45) is 2.86. The maximum Gasteiger partial charge on any atom is 0.123 e. The second kappa shape index (κ2) is 6.99. The molecule has 0 amide bonds. The third-order valence-electron chi connectivity index (χ3n) is 4.19. The molecule has 0 aliphatic carbocycles. The van der Waals surface area contributed by atoms with E-state index in [0.717, 1.165) is 36.3 Å². The number of aliphatic hydroxyl groups is 1. The third kappa shape index (κ3) is 3.51. The van der Waals surface area contributed by atoms with Crippen LogP contribution in [-0.2, 0) is 6.42 Å². The molecule has 22 heavy (non-hydrogen) atoms. The van der Waals surface area contributed by atoms with Crippen LogP contribution < -0.4 is 0 Å². The van der Waals surface area contributed by atoms with Crippen LogP contribution in [0, 0.1) is 5.82 Å². The molecular weight excluding hydrogens is 279 g/mol. The summed E-state index contributed by atoms with van der Waals surface area (Å²) in [4.78, 5) is 7.05. The van der Waals surface area contributed by atoms with Crippen molar-refractivity contribution in [2.24, 2.45) is 0 Å². The SMILES string of the molecule is OCCN1CCCC1c1cccc(Cc2cccc(F)c2)n1. The van der Waals surface area contributed by atoms with Crippen LogP contribution in [0.3, 0.4) is 0 Å². The minimum Gasteiger partial charge on any atom is -0.395 e. The standard InChI is InChI=1S/C18H21FN2O/c19-15-5-1-4-14(12-15)13-16-6-2-7-17(20-16)18-8-3-9-21(18)10-11-22/h1-2,4-7,12,18,22H,3,8-11,13H2. The van der Waals surface area contributed by atoms with Gasteiger partial charge in [0.2, 0.25) is 0 Å². The van der Waals surface area contributed by atoms with Gasteiger partial charge in [-0.25, -0.2) is 4.39 Å². The number of aliphatic hydroxyl groups excluding tert-OH is 1. The summed E-state index contributed by atoms with van der Waals surface area (Å²) in [5.41, 5.74) is 2.95. The van der Waals surface area contributed by atoms with E-state index in [9.17, 15) is 4.39 Å². The van der Waals surface area contributed by atoms with Gasteiger partial charge in [0.1, 0.15) is 5.82 Å². The van der Waals surface area contributed by atoms with Crippen LogP contribution in [-0.4, -0.2) is 34.7 Å². The lowest BCUT2D eigenvalue weighted by Crippen LogP contribution is -2.27. The molecule has 116 valence electrons. The lowest BCUT2D eigenvalue weighted by molar-refractivity contribution is 0.183. The van der Waals surface area contributed by atoms with Crippen LogP contribution >= 0.6 is 0 Å². The number of pyridine rings is 1. The molecule has 3 nitrogen and oxygen atoms in total. The zero-order valence-corrected chi connectivity index (χ0v) is 12.6. The van der Waals surface area contributed by atoms with Crippen LogP contribution in [0.4, 0.5) is 4.39 Å². The monoisotopic (exact) mass is 300 g/mol. The molecule has 1 aromatic heterocycles. The van der Waals surface area contributed by atoms with Gasteiger partial charge in [-0.2, -0.15) is 0 Å². The zero-order valence-electron chi connectivity index (χ0n) is 12.6. The minimum atomic E-state index is -0.210. The molecule has 0 saturated carbocycles. The molecule has 1 aromatic carbocycles. The summed E-state index contributed by atoms with van der Waals surface area (Å²) in [6.45, 7) is 1.89. The lowest BCUT2D eigenvalue weighted by atomic mass is 10.1. The fourth-order valence-electron chi connectivity index (χ4n) is 3.20. The fourth-order valence-corrected chi connectivity index (χ4v) is 3.20. The summed E-state index contributed by atoms with van der Waals surface area (Å²) >= 11 is 0. The fraction of sp³-hybridized carbons (Fsp3) is 0.389. The molecule has 1 saturated heterocycles.